The number of rotatable bonds is 3. The molecule has 1 aliphatic heterocycles. The van der Waals surface area contributed by atoms with E-state index >= 15 is 0 Å². The fourth-order valence-corrected chi connectivity index (χ4v) is 0.973. The molecule has 1 aliphatic rings. The molecule has 0 unspecified atom stereocenters. The fraction of sp³-hybridized carbons (Fsp3) is 0.889. The molecule has 0 bridgehead atoms. The van der Waals surface area contributed by atoms with Gasteiger partial charge in [0.1, 0.15) is 37.1 Å². The summed E-state index contributed by atoms with van der Waals surface area (Å²) in [6.45, 7) is -0.118. The predicted octanol–water partition coefficient (Wildman–Crippen LogP) is -4.05. The summed E-state index contributed by atoms with van der Waals surface area (Å²) >= 11 is 0. The molecule has 1 radical (unpaired) electrons. The molecule has 0 aromatic rings. The largest absolute Gasteiger partial charge is 0.394 e. The SMILES string of the molecule is OCC(O)CO.OC[C@H]1O[CH][C@H](O)[C@@H](O)[C@H]1O. The highest BCUT2D eigenvalue weighted by molar-refractivity contribution is 4.91. The van der Waals surface area contributed by atoms with Crippen molar-refractivity contribution in [2.24, 2.45) is 0 Å². The Kier molecular flexibility index (Phi) is 8.56. The van der Waals surface area contributed by atoms with E-state index in [0.29, 0.717) is 0 Å². The van der Waals surface area contributed by atoms with Crippen molar-refractivity contribution in [3.8, 4) is 0 Å². The summed E-state index contributed by atoms with van der Waals surface area (Å²) in [4.78, 5) is 0. The van der Waals surface area contributed by atoms with Gasteiger partial charge in [0, 0.05) is 0 Å². The Morgan fingerprint density at radius 2 is 1.53 bits per heavy atom. The second kappa shape index (κ2) is 8.72. The Bertz CT molecular complexity index is 184. The van der Waals surface area contributed by atoms with Crippen LogP contribution in [0, 0.1) is 6.61 Å². The van der Waals surface area contributed by atoms with Gasteiger partial charge in [0.2, 0.25) is 0 Å². The zero-order chi connectivity index (χ0) is 13.4. The van der Waals surface area contributed by atoms with E-state index in [9.17, 15) is 0 Å². The van der Waals surface area contributed by atoms with E-state index in [2.05, 4.69) is 4.74 Å². The molecular weight excluding hydrogens is 236 g/mol. The molecule has 8 nitrogen and oxygen atoms in total. The summed E-state index contributed by atoms with van der Waals surface area (Å²) in [6, 6.07) is 0. The van der Waals surface area contributed by atoms with Crippen molar-refractivity contribution in [1.29, 1.82) is 0 Å². The Balaban J connectivity index is 0.000000366. The molecular formula is C9H19O8. The quantitative estimate of drug-likeness (QED) is 0.269. The van der Waals surface area contributed by atoms with E-state index in [1.807, 2.05) is 0 Å². The number of aliphatic hydroxyl groups excluding tert-OH is 7. The maximum absolute atomic E-state index is 9.09. The van der Waals surface area contributed by atoms with E-state index in [1.54, 1.807) is 0 Å². The van der Waals surface area contributed by atoms with Crippen LogP contribution in [-0.2, 0) is 4.74 Å². The lowest BCUT2D eigenvalue weighted by atomic mass is 10.0. The molecule has 1 saturated heterocycles. The summed E-state index contributed by atoms with van der Waals surface area (Å²) in [7, 11) is 0. The normalized spacial score (nSPS) is 33.2. The summed E-state index contributed by atoms with van der Waals surface area (Å²) < 4.78 is 4.69. The first-order valence-electron chi connectivity index (χ1n) is 5.01. The molecule has 0 saturated carbocycles. The molecule has 8 heteroatoms. The Labute approximate surface area is 98.3 Å². The van der Waals surface area contributed by atoms with Crippen molar-refractivity contribution in [1.82, 2.24) is 0 Å². The Morgan fingerprint density at radius 3 is 1.88 bits per heavy atom. The first kappa shape index (κ1) is 16.7. The lowest BCUT2D eigenvalue weighted by Gasteiger charge is -2.33. The highest BCUT2D eigenvalue weighted by atomic mass is 16.5. The van der Waals surface area contributed by atoms with Gasteiger partial charge in [-0.15, -0.1) is 0 Å². The molecule has 0 aromatic heterocycles. The summed E-state index contributed by atoms with van der Waals surface area (Å²) in [5, 5.41) is 59.6. The highest BCUT2D eigenvalue weighted by Gasteiger charge is 2.37. The van der Waals surface area contributed by atoms with Gasteiger partial charge in [-0.1, -0.05) is 0 Å². The predicted molar refractivity (Wildman–Crippen MR) is 54.5 cm³/mol. The Hall–Kier alpha value is -0.320. The van der Waals surface area contributed by atoms with Crippen LogP contribution in [0.2, 0.25) is 0 Å². The van der Waals surface area contributed by atoms with Crippen LogP contribution in [0.5, 0.6) is 0 Å². The van der Waals surface area contributed by atoms with E-state index in [0.717, 1.165) is 6.61 Å². The van der Waals surface area contributed by atoms with Gasteiger partial charge in [-0.3, -0.25) is 0 Å². The Morgan fingerprint density at radius 1 is 1.00 bits per heavy atom. The fourth-order valence-electron chi connectivity index (χ4n) is 0.973. The van der Waals surface area contributed by atoms with Gasteiger partial charge in [-0.2, -0.15) is 0 Å². The molecule has 0 spiro atoms. The van der Waals surface area contributed by atoms with Gasteiger partial charge >= 0.3 is 0 Å². The van der Waals surface area contributed by atoms with Crippen molar-refractivity contribution in [3.63, 3.8) is 0 Å². The van der Waals surface area contributed by atoms with Gasteiger partial charge in [-0.25, -0.2) is 0 Å². The third-order valence-electron chi connectivity index (χ3n) is 2.07. The van der Waals surface area contributed by atoms with Crippen molar-refractivity contribution in [3.05, 3.63) is 6.61 Å². The van der Waals surface area contributed by atoms with E-state index in [1.165, 1.54) is 0 Å². The molecule has 0 aromatic carbocycles. The van der Waals surface area contributed by atoms with Crippen molar-refractivity contribution in [2.45, 2.75) is 30.5 Å². The molecule has 103 valence electrons. The molecule has 0 amide bonds. The zero-order valence-corrected chi connectivity index (χ0v) is 9.12. The van der Waals surface area contributed by atoms with Crippen molar-refractivity contribution < 1.29 is 40.5 Å². The van der Waals surface area contributed by atoms with Crippen molar-refractivity contribution in [2.75, 3.05) is 19.8 Å². The van der Waals surface area contributed by atoms with Crippen LogP contribution >= 0.6 is 0 Å². The first-order chi connectivity index (χ1) is 7.97. The average Bonchev–Trinajstić information content (AvgIpc) is 2.36. The maximum atomic E-state index is 9.09. The van der Waals surface area contributed by atoms with Crippen LogP contribution in [-0.4, -0.2) is 86.1 Å². The van der Waals surface area contributed by atoms with Crippen LogP contribution in [0.4, 0.5) is 0 Å². The second-order valence-corrected chi connectivity index (χ2v) is 3.48. The number of hydrogen-bond acceptors (Lipinski definition) is 8. The second-order valence-electron chi connectivity index (χ2n) is 3.48. The monoisotopic (exact) mass is 255 g/mol. The lowest BCUT2D eigenvalue weighted by molar-refractivity contribution is -0.169. The molecule has 1 heterocycles. The third kappa shape index (κ3) is 5.70. The zero-order valence-electron chi connectivity index (χ0n) is 9.12. The smallest absolute Gasteiger partial charge is 0.115 e. The van der Waals surface area contributed by atoms with Crippen LogP contribution in [0.3, 0.4) is 0 Å². The molecule has 4 atom stereocenters. The molecule has 1 fully saturated rings. The topological polar surface area (TPSA) is 151 Å². The molecule has 17 heavy (non-hydrogen) atoms. The van der Waals surface area contributed by atoms with Gasteiger partial charge in [0.25, 0.3) is 0 Å². The van der Waals surface area contributed by atoms with Crippen molar-refractivity contribution >= 4 is 0 Å². The standard InChI is InChI=1S/C6H11O5.C3H8O3/c7-1-4-6(10)5(9)3(8)2-11-4;4-1-3(6)2-5/h2-10H,1H2;3-6H,1-2H2/t3-,4+,5+,6-;/m0./s1. The van der Waals surface area contributed by atoms with Gasteiger partial charge in [0.05, 0.1) is 19.8 Å². The third-order valence-corrected chi connectivity index (χ3v) is 2.07. The van der Waals surface area contributed by atoms with Crippen LogP contribution in [0.15, 0.2) is 0 Å². The maximum Gasteiger partial charge on any atom is 0.115 e. The first-order valence-corrected chi connectivity index (χ1v) is 5.01. The van der Waals surface area contributed by atoms with Crippen LogP contribution < -0.4 is 0 Å². The number of ether oxygens (including phenoxy) is 1. The summed E-state index contributed by atoms with van der Waals surface area (Å²) in [5.41, 5.74) is 0. The number of aliphatic hydroxyl groups is 7. The minimum absolute atomic E-state index is 0.365. The van der Waals surface area contributed by atoms with Gasteiger partial charge < -0.3 is 40.5 Å². The van der Waals surface area contributed by atoms with Gasteiger partial charge in [-0.05, 0) is 0 Å². The minimum Gasteiger partial charge on any atom is -0.394 e. The average molecular weight is 255 g/mol. The molecule has 0 aliphatic carbocycles. The van der Waals surface area contributed by atoms with Crippen LogP contribution in [0.1, 0.15) is 0 Å². The van der Waals surface area contributed by atoms with E-state index in [-0.39, 0.29) is 19.8 Å². The molecule has 1 rings (SSSR count). The lowest BCUT2D eigenvalue weighted by Crippen LogP contribution is -2.52. The van der Waals surface area contributed by atoms with Gasteiger partial charge in [0.15, 0.2) is 0 Å². The van der Waals surface area contributed by atoms with E-state index < -0.39 is 30.5 Å². The van der Waals surface area contributed by atoms with E-state index in [4.69, 9.17) is 35.7 Å². The highest BCUT2D eigenvalue weighted by Crippen LogP contribution is 2.17. The molecule has 7 N–H and O–H groups in total. The van der Waals surface area contributed by atoms with Crippen LogP contribution in [0.25, 0.3) is 0 Å². The summed E-state index contributed by atoms with van der Waals surface area (Å²) in [5.74, 6) is 0. The minimum atomic E-state index is -1.28. The summed E-state index contributed by atoms with van der Waals surface area (Å²) in [6.07, 6.45) is -5.49. The number of hydrogen-bond donors (Lipinski definition) is 7.